The lowest BCUT2D eigenvalue weighted by Gasteiger charge is -2.17. The van der Waals surface area contributed by atoms with Crippen molar-refractivity contribution >= 4 is 35.7 Å². The van der Waals surface area contributed by atoms with E-state index >= 15 is 0 Å². The molecular weight excluding hydrogens is 728 g/mol. The van der Waals surface area contributed by atoms with Crippen LogP contribution in [0.5, 0.6) is 17.2 Å². The molecule has 57 heavy (non-hydrogen) atoms. The van der Waals surface area contributed by atoms with Crippen LogP contribution in [0.15, 0.2) is 85.0 Å². The van der Waals surface area contributed by atoms with Crippen molar-refractivity contribution in [1.29, 1.82) is 0 Å². The number of allylic oxidation sites excluding steroid dienone is 2. The largest absolute Gasteiger partial charge is 0.507 e. The van der Waals surface area contributed by atoms with Crippen LogP contribution in [-0.2, 0) is 30.4 Å². The fraction of sp³-hybridized carbons (Fsp3) is 0.348. The van der Waals surface area contributed by atoms with E-state index in [1.807, 2.05) is 50.3 Å². The minimum atomic E-state index is -1.04. The van der Waals surface area contributed by atoms with E-state index < -0.39 is 36.4 Å². The highest BCUT2D eigenvalue weighted by atomic mass is 16.5. The van der Waals surface area contributed by atoms with Crippen LogP contribution >= 0.6 is 0 Å². The van der Waals surface area contributed by atoms with E-state index in [4.69, 9.17) is 18.9 Å². The number of cyclic esters (lactones) is 2. The van der Waals surface area contributed by atoms with Crippen molar-refractivity contribution in [3.8, 4) is 17.2 Å². The van der Waals surface area contributed by atoms with Gasteiger partial charge in [-0.1, -0.05) is 60.7 Å². The van der Waals surface area contributed by atoms with E-state index in [2.05, 4.69) is 0 Å². The topological polar surface area (TPSA) is 166 Å². The summed E-state index contributed by atoms with van der Waals surface area (Å²) < 4.78 is 22.0. The number of benzene rings is 3. The molecule has 0 unspecified atom stereocenters. The van der Waals surface area contributed by atoms with Crippen LogP contribution in [0.3, 0.4) is 0 Å². The summed E-state index contributed by atoms with van der Waals surface area (Å²) in [5, 5.41) is 30.3. The van der Waals surface area contributed by atoms with Crippen molar-refractivity contribution in [2.24, 2.45) is 0 Å². The Bertz CT molecular complexity index is 2000. The summed E-state index contributed by atoms with van der Waals surface area (Å²) in [6, 6.07) is 14.2. The van der Waals surface area contributed by atoms with Crippen LogP contribution in [0.4, 0.5) is 0 Å². The lowest BCUT2D eigenvalue weighted by molar-refractivity contribution is -0.126. The fourth-order valence-corrected chi connectivity index (χ4v) is 6.14. The molecule has 3 aromatic rings. The highest BCUT2D eigenvalue weighted by molar-refractivity contribution is 5.98. The molecule has 0 fully saturated rings. The van der Waals surface area contributed by atoms with E-state index in [1.165, 1.54) is 18.2 Å². The predicted octanol–water partition coefficient (Wildman–Crippen LogP) is 8.09. The van der Waals surface area contributed by atoms with E-state index in [-0.39, 0.29) is 34.2 Å². The maximum Gasteiger partial charge on any atom is 0.342 e. The third kappa shape index (κ3) is 13.4. The van der Waals surface area contributed by atoms with Gasteiger partial charge in [-0.3, -0.25) is 9.59 Å². The van der Waals surface area contributed by atoms with Crippen molar-refractivity contribution in [2.75, 3.05) is 7.11 Å². The summed E-state index contributed by atoms with van der Waals surface area (Å²) in [7, 11) is 1.61. The summed E-state index contributed by atoms with van der Waals surface area (Å²) in [5.74, 6) is -1.13. The van der Waals surface area contributed by atoms with Crippen LogP contribution in [-0.4, -0.2) is 70.4 Å². The van der Waals surface area contributed by atoms with E-state index in [0.717, 1.165) is 22.4 Å². The Morgan fingerprint density at radius 2 is 1.16 bits per heavy atom. The number of phenolic OH excluding ortho intramolecular Hbond substituents is 2. The minimum absolute atomic E-state index is 0.106. The average molecular weight is 781 g/mol. The number of hydrogen-bond donors (Lipinski definition) is 3. The van der Waals surface area contributed by atoms with E-state index in [9.17, 15) is 34.5 Å². The number of aromatic hydroxyl groups is 2. The van der Waals surface area contributed by atoms with Crippen LogP contribution in [0.1, 0.15) is 101 Å². The standard InChI is InChI=1S/C27H30O6.C19H22O5/c1-18-15-21-8-4-5-10-25(32-17-20-11-13-22(31-3)14-12-20)23(28)9-6-7-19(2)33-27(30)26(21)24(29)16-18;1-12-10-14-7-3-4-8-15(20)16(21)9-5-6-13(2)24-19(23)18(14)17(22)11-12/h4,6,8-9,11-16,19,25,29H,5,7,10,17H2,1-3H3;3,5,7,9-11,13,15,20,22H,4,6,8H2,1-2H3/b8-4+,9-6-;7-3+,9-5-/t19-,25-;13-,15-/m00/s1. The normalized spacial score (nSPS) is 23.1. The number of aryl methyl sites for hydroxylation is 2. The minimum Gasteiger partial charge on any atom is -0.507 e. The van der Waals surface area contributed by atoms with Crippen molar-refractivity contribution in [1.82, 2.24) is 0 Å². The number of methoxy groups -OCH3 is 1. The number of rotatable bonds is 4. The van der Waals surface area contributed by atoms with Gasteiger partial charge in [0.2, 0.25) is 0 Å². The van der Waals surface area contributed by atoms with Crippen molar-refractivity contribution in [3.05, 3.63) is 124 Å². The molecule has 2 aliphatic rings. The molecule has 11 nitrogen and oxygen atoms in total. The van der Waals surface area contributed by atoms with Gasteiger partial charge < -0.3 is 34.3 Å². The molecule has 0 saturated heterocycles. The van der Waals surface area contributed by atoms with Gasteiger partial charge in [-0.15, -0.1) is 0 Å². The number of esters is 2. The molecule has 0 spiro atoms. The van der Waals surface area contributed by atoms with Gasteiger partial charge >= 0.3 is 11.9 Å². The Hall–Kier alpha value is -5.78. The lowest BCUT2D eigenvalue weighted by Crippen LogP contribution is -2.23. The van der Waals surface area contributed by atoms with Gasteiger partial charge in [-0.2, -0.15) is 0 Å². The fourth-order valence-electron chi connectivity index (χ4n) is 6.14. The molecule has 0 radical (unpaired) electrons. The van der Waals surface area contributed by atoms with Gasteiger partial charge in [0.15, 0.2) is 11.6 Å². The van der Waals surface area contributed by atoms with E-state index in [1.54, 1.807) is 63.5 Å². The summed E-state index contributed by atoms with van der Waals surface area (Å²) in [6.45, 7) is 7.43. The van der Waals surface area contributed by atoms with Crippen molar-refractivity contribution < 1.29 is 53.4 Å². The van der Waals surface area contributed by atoms with Crippen LogP contribution in [0, 0.1) is 13.8 Å². The SMILES string of the molecule is COc1ccc(CO[C@H]2CC/C=C/c3cc(C)cc(O)c3C(=O)O[C@@H](C)C/C=C\C2=O)cc1.Cc1cc(O)c2c(c1)/C=C/CC[C@H](O)C(=O)/C=C\C[C@H](C)OC2=O. The second-order valence-corrected chi connectivity index (χ2v) is 14.1. The molecule has 302 valence electrons. The number of fused-ring (bicyclic) bond motifs is 2. The van der Waals surface area contributed by atoms with Gasteiger partial charge in [0.25, 0.3) is 0 Å². The second kappa shape index (κ2) is 21.5. The van der Waals surface area contributed by atoms with Gasteiger partial charge in [0.1, 0.15) is 52.8 Å². The second-order valence-electron chi connectivity index (χ2n) is 14.1. The van der Waals surface area contributed by atoms with Crippen molar-refractivity contribution in [2.45, 2.75) is 97.2 Å². The molecule has 0 aliphatic carbocycles. The number of ketones is 2. The lowest BCUT2D eigenvalue weighted by atomic mass is 10.0. The quantitative estimate of drug-likeness (QED) is 0.219. The summed E-state index contributed by atoms with van der Waals surface area (Å²) in [5.41, 5.74) is 4.00. The van der Waals surface area contributed by atoms with Gasteiger partial charge in [0, 0.05) is 12.8 Å². The average Bonchev–Trinajstić information content (AvgIpc) is 3.15. The summed E-state index contributed by atoms with van der Waals surface area (Å²) in [4.78, 5) is 49.6. The zero-order chi connectivity index (χ0) is 41.5. The number of carbonyl (C=O) groups is 4. The first-order valence-corrected chi connectivity index (χ1v) is 19.0. The van der Waals surface area contributed by atoms with Crippen LogP contribution in [0.25, 0.3) is 12.2 Å². The Labute approximate surface area is 333 Å². The first kappa shape index (κ1) is 43.9. The molecule has 0 amide bonds. The smallest absolute Gasteiger partial charge is 0.342 e. The van der Waals surface area contributed by atoms with Crippen molar-refractivity contribution in [3.63, 3.8) is 0 Å². The molecule has 11 heteroatoms. The highest BCUT2D eigenvalue weighted by Crippen LogP contribution is 2.28. The number of phenols is 2. The molecular formula is C46H52O11. The summed E-state index contributed by atoms with van der Waals surface area (Å²) >= 11 is 0. The Morgan fingerprint density at radius 1 is 0.667 bits per heavy atom. The maximum absolute atomic E-state index is 12.8. The molecule has 0 bridgehead atoms. The molecule has 4 atom stereocenters. The van der Waals surface area contributed by atoms with Crippen LogP contribution in [0.2, 0.25) is 0 Å². The molecule has 3 aromatic carbocycles. The maximum atomic E-state index is 12.8. The van der Waals surface area contributed by atoms with Crippen LogP contribution < -0.4 is 4.74 Å². The van der Waals surface area contributed by atoms with Gasteiger partial charge in [-0.05, 0) is 118 Å². The third-order valence-electron chi connectivity index (χ3n) is 9.16. The molecule has 3 N–H and O–H groups in total. The number of ether oxygens (including phenoxy) is 4. The van der Waals surface area contributed by atoms with Gasteiger partial charge in [0.05, 0.1) is 13.7 Å². The number of aliphatic hydroxyl groups is 1. The predicted molar refractivity (Wildman–Crippen MR) is 217 cm³/mol. The molecule has 2 aliphatic heterocycles. The third-order valence-corrected chi connectivity index (χ3v) is 9.16. The zero-order valence-corrected chi connectivity index (χ0v) is 33.1. The number of carbonyl (C=O) groups excluding carboxylic acids is 4. The van der Waals surface area contributed by atoms with E-state index in [0.29, 0.717) is 56.3 Å². The first-order valence-electron chi connectivity index (χ1n) is 19.0. The Balaban J connectivity index is 0.000000266. The molecule has 0 aromatic heterocycles. The number of hydrogen-bond acceptors (Lipinski definition) is 11. The Kier molecular flexibility index (Phi) is 16.6. The number of aliphatic hydroxyl groups excluding tert-OH is 1. The summed E-state index contributed by atoms with van der Waals surface area (Å²) in [6.07, 6.45) is 13.2. The molecule has 0 saturated carbocycles. The van der Waals surface area contributed by atoms with Gasteiger partial charge in [-0.25, -0.2) is 9.59 Å². The highest BCUT2D eigenvalue weighted by Gasteiger charge is 2.22. The zero-order valence-electron chi connectivity index (χ0n) is 33.1. The molecule has 5 rings (SSSR count). The first-order chi connectivity index (χ1) is 27.2. The molecule has 2 heterocycles. The Morgan fingerprint density at radius 3 is 1.67 bits per heavy atom. The monoisotopic (exact) mass is 780 g/mol.